The Kier molecular flexibility index (Phi) is 6.66. The molecule has 1 fully saturated rings. The minimum absolute atomic E-state index is 0.0410. The Labute approximate surface area is 209 Å². The van der Waals surface area contributed by atoms with E-state index in [0.717, 1.165) is 18.4 Å². The van der Waals surface area contributed by atoms with Crippen LogP contribution in [0.2, 0.25) is 0 Å². The van der Waals surface area contributed by atoms with E-state index < -0.39 is 0 Å². The van der Waals surface area contributed by atoms with E-state index in [1.807, 2.05) is 60.3 Å². The van der Waals surface area contributed by atoms with Crippen LogP contribution in [-0.4, -0.2) is 44.2 Å². The quantitative estimate of drug-likeness (QED) is 0.443. The number of carbonyl (C=O) groups is 2. The van der Waals surface area contributed by atoms with E-state index in [1.54, 1.807) is 27.9 Å². The number of carbonyl (C=O) groups excluding carboxylic acids is 2. The first-order chi connectivity index (χ1) is 17.5. The fourth-order valence-electron chi connectivity index (χ4n) is 4.57. The molecule has 0 spiro atoms. The van der Waals surface area contributed by atoms with Gasteiger partial charge in [-0.2, -0.15) is 5.10 Å². The van der Waals surface area contributed by atoms with Crippen molar-refractivity contribution in [3.8, 4) is 11.5 Å². The van der Waals surface area contributed by atoms with Gasteiger partial charge in [0.05, 0.1) is 17.8 Å². The molecule has 8 heteroatoms. The normalized spacial score (nSPS) is 15.6. The summed E-state index contributed by atoms with van der Waals surface area (Å²) in [6, 6.07) is 17.8. The van der Waals surface area contributed by atoms with Gasteiger partial charge in [0.2, 0.25) is 5.91 Å². The third-order valence-corrected chi connectivity index (χ3v) is 6.56. The van der Waals surface area contributed by atoms with Crippen molar-refractivity contribution >= 4 is 11.8 Å². The lowest BCUT2D eigenvalue weighted by Gasteiger charge is -2.32. The molecule has 2 aromatic carbocycles. The van der Waals surface area contributed by atoms with Crippen LogP contribution >= 0.6 is 0 Å². The van der Waals surface area contributed by atoms with Crippen LogP contribution < -0.4 is 5.32 Å². The van der Waals surface area contributed by atoms with Crippen molar-refractivity contribution in [3.63, 3.8) is 0 Å². The third-order valence-electron chi connectivity index (χ3n) is 6.56. The van der Waals surface area contributed by atoms with Crippen LogP contribution in [0.5, 0.6) is 0 Å². The van der Waals surface area contributed by atoms with Crippen LogP contribution in [0.3, 0.4) is 0 Å². The zero-order valence-electron chi connectivity index (χ0n) is 20.1. The average Bonchev–Trinajstić information content (AvgIpc) is 3.58. The number of likely N-dealkylation sites (tertiary alicyclic amines) is 1. The lowest BCUT2D eigenvalue weighted by atomic mass is 9.96. The van der Waals surface area contributed by atoms with E-state index in [2.05, 4.69) is 10.4 Å². The molecule has 1 atom stereocenters. The van der Waals surface area contributed by atoms with Gasteiger partial charge in [-0.25, -0.2) is 9.07 Å². The van der Waals surface area contributed by atoms with Crippen LogP contribution in [0.15, 0.2) is 79.3 Å². The molecule has 184 valence electrons. The second-order valence-electron chi connectivity index (χ2n) is 9.15. The first-order valence-electron chi connectivity index (χ1n) is 12.1. The number of hydrogen-bond acceptors (Lipinski definition) is 3. The predicted molar refractivity (Wildman–Crippen MR) is 135 cm³/mol. The Morgan fingerprint density at radius 3 is 2.50 bits per heavy atom. The summed E-state index contributed by atoms with van der Waals surface area (Å²) in [5.41, 5.74) is 3.29. The fraction of sp³-hybridized carbons (Fsp3) is 0.250. The molecule has 5 rings (SSSR count). The van der Waals surface area contributed by atoms with Crippen LogP contribution in [0.25, 0.3) is 11.5 Å². The molecule has 1 aliphatic rings. The van der Waals surface area contributed by atoms with Gasteiger partial charge in [-0.3, -0.25) is 9.59 Å². The van der Waals surface area contributed by atoms with Crippen molar-refractivity contribution in [2.75, 3.05) is 13.1 Å². The Morgan fingerprint density at radius 1 is 1.06 bits per heavy atom. The summed E-state index contributed by atoms with van der Waals surface area (Å²) >= 11 is 0. The number of rotatable bonds is 6. The lowest BCUT2D eigenvalue weighted by molar-refractivity contribution is -0.126. The summed E-state index contributed by atoms with van der Waals surface area (Å²) in [5, 5.41) is 7.48. The Balaban J connectivity index is 1.34. The summed E-state index contributed by atoms with van der Waals surface area (Å²) in [5.74, 6) is -0.258. The molecule has 4 aromatic rings. The summed E-state index contributed by atoms with van der Waals surface area (Å²) in [4.78, 5) is 28.3. The van der Waals surface area contributed by atoms with Crippen molar-refractivity contribution in [1.82, 2.24) is 24.6 Å². The molecule has 0 bridgehead atoms. The zero-order chi connectivity index (χ0) is 25.1. The third kappa shape index (κ3) is 4.93. The monoisotopic (exact) mass is 485 g/mol. The van der Waals surface area contributed by atoms with Crippen molar-refractivity contribution in [2.24, 2.45) is 5.92 Å². The predicted octanol–water partition coefficient (Wildman–Crippen LogP) is 4.28. The maximum atomic E-state index is 13.7. The SMILES string of the molecule is Cc1ccc(CNC(=O)[C@@H]2CCCN(C(=O)c3cnn(-c4ccc(F)cc4)c3-n3cccc3)C2)cc1. The van der Waals surface area contributed by atoms with Crippen LogP contribution in [0, 0.1) is 18.7 Å². The molecule has 1 N–H and O–H groups in total. The van der Waals surface area contributed by atoms with E-state index in [4.69, 9.17) is 0 Å². The van der Waals surface area contributed by atoms with Gasteiger partial charge in [-0.1, -0.05) is 29.8 Å². The highest BCUT2D eigenvalue weighted by molar-refractivity contribution is 5.97. The molecular weight excluding hydrogens is 457 g/mol. The van der Waals surface area contributed by atoms with E-state index in [-0.39, 0.29) is 23.5 Å². The smallest absolute Gasteiger partial charge is 0.259 e. The van der Waals surface area contributed by atoms with Gasteiger partial charge < -0.3 is 14.8 Å². The van der Waals surface area contributed by atoms with Crippen molar-refractivity contribution in [3.05, 3.63) is 102 Å². The second kappa shape index (κ2) is 10.2. The summed E-state index contributed by atoms with van der Waals surface area (Å²) in [7, 11) is 0. The van der Waals surface area contributed by atoms with Gasteiger partial charge in [0.25, 0.3) is 5.91 Å². The van der Waals surface area contributed by atoms with Gasteiger partial charge in [-0.05, 0) is 61.7 Å². The van der Waals surface area contributed by atoms with Gasteiger partial charge in [0, 0.05) is 32.0 Å². The number of amides is 2. The number of nitrogens with one attached hydrogen (secondary N) is 1. The van der Waals surface area contributed by atoms with Gasteiger partial charge >= 0.3 is 0 Å². The molecule has 7 nitrogen and oxygen atoms in total. The molecule has 0 aliphatic carbocycles. The number of aryl methyl sites for hydroxylation is 1. The highest BCUT2D eigenvalue weighted by Gasteiger charge is 2.31. The molecule has 36 heavy (non-hydrogen) atoms. The average molecular weight is 486 g/mol. The maximum Gasteiger partial charge on any atom is 0.259 e. The Bertz CT molecular complexity index is 1340. The first-order valence-corrected chi connectivity index (χ1v) is 12.1. The minimum atomic E-state index is -0.343. The number of nitrogens with zero attached hydrogens (tertiary/aromatic N) is 4. The molecule has 0 saturated carbocycles. The highest BCUT2D eigenvalue weighted by Crippen LogP contribution is 2.24. The molecular formula is C28H28FN5O2. The number of piperidine rings is 1. The summed E-state index contributed by atoms with van der Waals surface area (Å²) < 4.78 is 16.9. The van der Waals surface area contributed by atoms with E-state index in [0.29, 0.717) is 36.7 Å². The lowest BCUT2D eigenvalue weighted by Crippen LogP contribution is -2.45. The van der Waals surface area contributed by atoms with Crippen LogP contribution in [0.1, 0.15) is 34.3 Å². The second-order valence-corrected chi connectivity index (χ2v) is 9.15. The van der Waals surface area contributed by atoms with Crippen LogP contribution in [0.4, 0.5) is 4.39 Å². The Morgan fingerprint density at radius 2 is 1.78 bits per heavy atom. The molecule has 0 radical (unpaired) electrons. The van der Waals surface area contributed by atoms with Crippen molar-refractivity contribution < 1.29 is 14.0 Å². The van der Waals surface area contributed by atoms with Crippen molar-refractivity contribution in [1.29, 1.82) is 0 Å². The first kappa shape index (κ1) is 23.5. The largest absolute Gasteiger partial charge is 0.352 e. The Hall–Kier alpha value is -4.20. The van der Waals surface area contributed by atoms with Gasteiger partial charge in [0.1, 0.15) is 11.4 Å². The molecule has 3 heterocycles. The van der Waals surface area contributed by atoms with E-state index in [9.17, 15) is 14.0 Å². The van der Waals surface area contributed by atoms with Crippen LogP contribution in [-0.2, 0) is 11.3 Å². The van der Waals surface area contributed by atoms with E-state index >= 15 is 0 Å². The molecule has 1 saturated heterocycles. The standard InChI is InChI=1S/C28H28FN5O2/c1-20-6-8-21(9-7-20)17-30-26(35)22-5-4-16-33(19-22)28(36)25-18-31-34(24-12-10-23(29)11-13-24)27(25)32-14-2-3-15-32/h2-3,6-15,18,22H,4-5,16-17,19H2,1H3,(H,30,35)/t22-/m1/s1. The molecule has 0 unspecified atom stereocenters. The van der Waals surface area contributed by atoms with Gasteiger partial charge in [-0.15, -0.1) is 0 Å². The van der Waals surface area contributed by atoms with Gasteiger partial charge in [0.15, 0.2) is 5.82 Å². The molecule has 2 amide bonds. The topological polar surface area (TPSA) is 72.2 Å². The minimum Gasteiger partial charge on any atom is -0.352 e. The number of aromatic nitrogens is 3. The fourth-order valence-corrected chi connectivity index (χ4v) is 4.57. The number of benzene rings is 2. The number of hydrogen-bond donors (Lipinski definition) is 1. The highest BCUT2D eigenvalue weighted by atomic mass is 19.1. The summed E-state index contributed by atoms with van der Waals surface area (Å²) in [6.07, 6.45) is 6.71. The molecule has 1 aliphatic heterocycles. The van der Waals surface area contributed by atoms with E-state index in [1.165, 1.54) is 17.7 Å². The zero-order valence-corrected chi connectivity index (χ0v) is 20.1. The number of halogens is 1. The molecule has 2 aromatic heterocycles. The summed E-state index contributed by atoms with van der Waals surface area (Å²) in [6.45, 7) is 3.42. The van der Waals surface area contributed by atoms with Crippen molar-refractivity contribution in [2.45, 2.75) is 26.3 Å². The maximum absolute atomic E-state index is 13.7.